The van der Waals surface area contributed by atoms with Crippen molar-refractivity contribution in [2.24, 2.45) is 5.92 Å². The highest BCUT2D eigenvalue weighted by Gasteiger charge is 2.33. The maximum atomic E-state index is 6.14. The standard InChI is InChI=1S/C17H21N3OS/c1-12-4-6-16(22-12)14-5-7-17(19-18-14)21-15-8-10-20-9-2-3-13(15)11-20/h4-7,13,15H,2-3,8-11H2,1H3. The summed E-state index contributed by atoms with van der Waals surface area (Å²) >= 11 is 1.75. The Labute approximate surface area is 135 Å². The van der Waals surface area contributed by atoms with E-state index in [0.717, 1.165) is 23.5 Å². The normalized spacial score (nSPS) is 27.6. The van der Waals surface area contributed by atoms with Gasteiger partial charge in [-0.15, -0.1) is 21.5 Å². The van der Waals surface area contributed by atoms with Crippen LogP contribution in [0.3, 0.4) is 0 Å². The fourth-order valence-corrected chi connectivity index (χ4v) is 4.37. The van der Waals surface area contributed by atoms with Crippen molar-refractivity contribution in [1.82, 2.24) is 15.1 Å². The third kappa shape index (κ3) is 2.88. The maximum Gasteiger partial charge on any atom is 0.233 e. The molecule has 2 aliphatic heterocycles. The summed E-state index contributed by atoms with van der Waals surface area (Å²) in [6, 6.07) is 8.20. The predicted octanol–water partition coefficient (Wildman–Crippen LogP) is 3.38. The molecule has 2 aromatic heterocycles. The summed E-state index contributed by atoms with van der Waals surface area (Å²) in [6.07, 6.45) is 3.99. The van der Waals surface area contributed by atoms with Crippen molar-refractivity contribution >= 4 is 11.3 Å². The Hall–Kier alpha value is -1.46. The van der Waals surface area contributed by atoms with E-state index in [4.69, 9.17) is 4.74 Å². The summed E-state index contributed by atoms with van der Waals surface area (Å²) in [5.41, 5.74) is 0.929. The number of piperidine rings is 2. The van der Waals surface area contributed by atoms with Crippen LogP contribution in [-0.2, 0) is 0 Å². The highest BCUT2D eigenvalue weighted by molar-refractivity contribution is 7.15. The van der Waals surface area contributed by atoms with Gasteiger partial charge in [-0.05, 0) is 50.9 Å². The molecule has 5 heteroatoms. The molecular formula is C17H21N3OS. The van der Waals surface area contributed by atoms with Gasteiger partial charge >= 0.3 is 0 Å². The fourth-order valence-electron chi connectivity index (χ4n) is 3.54. The Morgan fingerprint density at radius 2 is 2.09 bits per heavy atom. The molecule has 0 spiro atoms. The number of aryl methyl sites for hydroxylation is 1. The second kappa shape index (κ2) is 5.97. The van der Waals surface area contributed by atoms with Crippen LogP contribution in [0.5, 0.6) is 5.88 Å². The van der Waals surface area contributed by atoms with Crippen molar-refractivity contribution in [1.29, 1.82) is 0 Å². The van der Waals surface area contributed by atoms with Crippen LogP contribution >= 0.6 is 11.3 Å². The number of thiophene rings is 1. The van der Waals surface area contributed by atoms with E-state index in [9.17, 15) is 0 Å². The van der Waals surface area contributed by atoms with E-state index in [2.05, 4.69) is 34.2 Å². The van der Waals surface area contributed by atoms with Crippen LogP contribution in [0.2, 0.25) is 0 Å². The first-order valence-corrected chi connectivity index (χ1v) is 8.89. The lowest BCUT2D eigenvalue weighted by Crippen LogP contribution is -2.49. The number of ether oxygens (including phenoxy) is 1. The topological polar surface area (TPSA) is 38.2 Å². The molecule has 0 radical (unpaired) electrons. The van der Waals surface area contributed by atoms with Crippen LogP contribution in [0.1, 0.15) is 24.1 Å². The monoisotopic (exact) mass is 315 g/mol. The third-order valence-corrected chi connectivity index (χ3v) is 5.73. The van der Waals surface area contributed by atoms with Crippen molar-refractivity contribution in [2.75, 3.05) is 19.6 Å². The van der Waals surface area contributed by atoms with E-state index >= 15 is 0 Å². The average Bonchev–Trinajstić information content (AvgIpc) is 2.98. The number of rotatable bonds is 3. The summed E-state index contributed by atoms with van der Waals surface area (Å²) in [5, 5.41) is 8.62. The Balaban J connectivity index is 1.45. The zero-order valence-electron chi connectivity index (χ0n) is 12.9. The van der Waals surface area contributed by atoms with Gasteiger partial charge in [-0.3, -0.25) is 0 Å². The second-order valence-electron chi connectivity index (χ2n) is 6.32. The van der Waals surface area contributed by atoms with E-state index < -0.39 is 0 Å². The van der Waals surface area contributed by atoms with Crippen molar-refractivity contribution in [3.63, 3.8) is 0 Å². The number of hydrogen-bond donors (Lipinski definition) is 0. The van der Waals surface area contributed by atoms with Gasteiger partial charge < -0.3 is 9.64 Å². The van der Waals surface area contributed by atoms with Crippen LogP contribution in [0.15, 0.2) is 24.3 Å². The minimum Gasteiger partial charge on any atom is -0.473 e. The average molecular weight is 315 g/mol. The molecule has 4 heterocycles. The molecule has 116 valence electrons. The van der Waals surface area contributed by atoms with Crippen molar-refractivity contribution in [3.8, 4) is 16.5 Å². The minimum atomic E-state index is 0.306. The molecule has 2 aromatic rings. The molecule has 0 N–H and O–H groups in total. The largest absolute Gasteiger partial charge is 0.473 e. The molecule has 4 rings (SSSR count). The maximum absolute atomic E-state index is 6.14. The summed E-state index contributed by atoms with van der Waals surface area (Å²) in [6.45, 7) is 5.71. The highest BCUT2D eigenvalue weighted by Crippen LogP contribution is 2.30. The molecule has 2 saturated heterocycles. The molecule has 2 bridgehead atoms. The summed E-state index contributed by atoms with van der Waals surface area (Å²) in [4.78, 5) is 5.01. The van der Waals surface area contributed by atoms with Crippen LogP contribution in [-0.4, -0.2) is 40.8 Å². The zero-order chi connectivity index (χ0) is 14.9. The molecule has 4 nitrogen and oxygen atoms in total. The number of aromatic nitrogens is 2. The lowest BCUT2D eigenvalue weighted by molar-refractivity contribution is 0.0123. The van der Waals surface area contributed by atoms with E-state index in [0.29, 0.717) is 17.9 Å². The molecule has 22 heavy (non-hydrogen) atoms. The van der Waals surface area contributed by atoms with E-state index in [-0.39, 0.29) is 0 Å². The SMILES string of the molecule is Cc1ccc(-c2ccc(OC3CCN4CCCC3C4)nn2)s1. The highest BCUT2D eigenvalue weighted by atomic mass is 32.1. The Morgan fingerprint density at radius 3 is 2.86 bits per heavy atom. The number of hydrogen-bond acceptors (Lipinski definition) is 5. The molecule has 2 aliphatic rings. The number of fused-ring (bicyclic) bond motifs is 2. The first-order valence-electron chi connectivity index (χ1n) is 8.07. The lowest BCUT2D eigenvalue weighted by atomic mass is 9.87. The van der Waals surface area contributed by atoms with Gasteiger partial charge in [-0.1, -0.05) is 0 Å². The first-order chi connectivity index (χ1) is 10.8. The molecular weight excluding hydrogens is 294 g/mol. The van der Waals surface area contributed by atoms with Crippen LogP contribution in [0, 0.1) is 12.8 Å². The van der Waals surface area contributed by atoms with Gasteiger partial charge in [-0.25, -0.2) is 0 Å². The van der Waals surface area contributed by atoms with E-state index in [1.54, 1.807) is 11.3 Å². The quantitative estimate of drug-likeness (QED) is 0.870. The van der Waals surface area contributed by atoms with Crippen molar-refractivity contribution < 1.29 is 4.74 Å². The molecule has 0 aliphatic carbocycles. The van der Waals surface area contributed by atoms with E-state index in [1.165, 1.54) is 30.8 Å². The zero-order valence-corrected chi connectivity index (χ0v) is 13.7. The summed E-state index contributed by atoms with van der Waals surface area (Å²) in [5.74, 6) is 1.32. The van der Waals surface area contributed by atoms with Gasteiger partial charge in [0.05, 0.1) is 4.88 Å². The second-order valence-corrected chi connectivity index (χ2v) is 7.60. The fraction of sp³-hybridized carbons (Fsp3) is 0.529. The summed E-state index contributed by atoms with van der Waals surface area (Å²) in [7, 11) is 0. The molecule has 0 amide bonds. The van der Waals surface area contributed by atoms with E-state index in [1.807, 2.05) is 12.1 Å². The predicted molar refractivity (Wildman–Crippen MR) is 88.3 cm³/mol. The van der Waals surface area contributed by atoms with Gasteiger partial charge in [0.2, 0.25) is 5.88 Å². The van der Waals surface area contributed by atoms with Gasteiger partial charge in [0.15, 0.2) is 0 Å². The third-order valence-electron chi connectivity index (χ3n) is 4.70. The Bertz CT molecular complexity index is 640. The van der Waals surface area contributed by atoms with Crippen LogP contribution < -0.4 is 4.74 Å². The molecule has 3 unspecified atom stereocenters. The smallest absolute Gasteiger partial charge is 0.233 e. The van der Waals surface area contributed by atoms with Gasteiger partial charge in [0.1, 0.15) is 11.8 Å². The molecule has 2 fully saturated rings. The minimum absolute atomic E-state index is 0.306. The Kier molecular flexibility index (Phi) is 3.84. The molecule has 0 aromatic carbocycles. The Morgan fingerprint density at radius 1 is 1.14 bits per heavy atom. The first kappa shape index (κ1) is 14.2. The summed E-state index contributed by atoms with van der Waals surface area (Å²) < 4.78 is 6.14. The van der Waals surface area contributed by atoms with Gasteiger partial charge in [0.25, 0.3) is 0 Å². The molecule has 0 saturated carbocycles. The number of nitrogens with zero attached hydrogens (tertiary/aromatic N) is 3. The van der Waals surface area contributed by atoms with Gasteiger partial charge in [-0.2, -0.15) is 0 Å². The van der Waals surface area contributed by atoms with Crippen molar-refractivity contribution in [2.45, 2.75) is 32.3 Å². The molecule has 3 atom stereocenters. The van der Waals surface area contributed by atoms with Crippen LogP contribution in [0.4, 0.5) is 0 Å². The lowest BCUT2D eigenvalue weighted by Gasteiger charge is -2.42. The van der Waals surface area contributed by atoms with Crippen LogP contribution in [0.25, 0.3) is 10.6 Å². The van der Waals surface area contributed by atoms with Crippen molar-refractivity contribution in [3.05, 3.63) is 29.1 Å². The van der Waals surface area contributed by atoms with Gasteiger partial charge in [0, 0.05) is 30.0 Å².